The van der Waals surface area contributed by atoms with Gasteiger partial charge < -0.3 is 15.7 Å². The van der Waals surface area contributed by atoms with Crippen molar-refractivity contribution in [2.75, 3.05) is 18.4 Å². The molecular formula is C16H20N2O. The fourth-order valence-corrected chi connectivity index (χ4v) is 1.94. The lowest BCUT2D eigenvalue weighted by molar-refractivity contribution is 0.282. The van der Waals surface area contributed by atoms with Crippen LogP contribution in [0.4, 0.5) is 5.69 Å². The van der Waals surface area contributed by atoms with E-state index in [1.807, 2.05) is 42.5 Å². The minimum atomic E-state index is 0.0701. The van der Waals surface area contributed by atoms with E-state index in [1.54, 1.807) is 0 Å². The maximum Gasteiger partial charge on any atom is 0.0701 e. The molecule has 0 spiro atoms. The van der Waals surface area contributed by atoms with Crippen LogP contribution in [0.1, 0.15) is 11.1 Å². The van der Waals surface area contributed by atoms with Crippen LogP contribution in [0.15, 0.2) is 54.6 Å². The van der Waals surface area contributed by atoms with Crippen molar-refractivity contribution in [3.05, 3.63) is 65.7 Å². The van der Waals surface area contributed by atoms with Crippen molar-refractivity contribution in [3.8, 4) is 0 Å². The van der Waals surface area contributed by atoms with E-state index < -0.39 is 0 Å². The predicted octanol–water partition coefficient (Wildman–Crippen LogP) is 2.38. The zero-order valence-electron chi connectivity index (χ0n) is 11.0. The summed E-state index contributed by atoms with van der Waals surface area (Å²) in [4.78, 5) is 0. The maximum absolute atomic E-state index is 9.21. The van der Waals surface area contributed by atoms with Crippen molar-refractivity contribution in [1.29, 1.82) is 0 Å². The highest BCUT2D eigenvalue weighted by Gasteiger charge is 1.98. The SMILES string of the molecule is OCc1ccccc1NCCNCc1ccccc1. The molecule has 0 saturated carbocycles. The van der Waals surface area contributed by atoms with Crippen LogP contribution in [0, 0.1) is 0 Å². The molecule has 0 fully saturated rings. The Balaban J connectivity index is 1.69. The fourth-order valence-electron chi connectivity index (χ4n) is 1.94. The molecule has 0 bridgehead atoms. The molecule has 3 heteroatoms. The van der Waals surface area contributed by atoms with Crippen molar-refractivity contribution in [1.82, 2.24) is 5.32 Å². The molecule has 19 heavy (non-hydrogen) atoms. The normalized spacial score (nSPS) is 10.4. The highest BCUT2D eigenvalue weighted by molar-refractivity contribution is 5.50. The van der Waals surface area contributed by atoms with E-state index in [1.165, 1.54) is 5.56 Å². The van der Waals surface area contributed by atoms with Gasteiger partial charge in [0.25, 0.3) is 0 Å². The number of anilines is 1. The van der Waals surface area contributed by atoms with Crippen molar-refractivity contribution in [2.24, 2.45) is 0 Å². The first kappa shape index (κ1) is 13.6. The highest BCUT2D eigenvalue weighted by atomic mass is 16.3. The molecule has 2 aromatic carbocycles. The second-order valence-corrected chi connectivity index (χ2v) is 4.40. The van der Waals surface area contributed by atoms with Crippen LogP contribution in [0.3, 0.4) is 0 Å². The Morgan fingerprint density at radius 2 is 1.58 bits per heavy atom. The Bertz CT molecular complexity index is 485. The van der Waals surface area contributed by atoms with Crippen LogP contribution >= 0.6 is 0 Å². The van der Waals surface area contributed by atoms with Gasteiger partial charge in [-0.2, -0.15) is 0 Å². The summed E-state index contributed by atoms with van der Waals surface area (Å²) in [7, 11) is 0. The Labute approximate surface area is 114 Å². The Kier molecular flexibility index (Phi) is 5.41. The van der Waals surface area contributed by atoms with Crippen molar-refractivity contribution < 1.29 is 5.11 Å². The topological polar surface area (TPSA) is 44.3 Å². The van der Waals surface area contributed by atoms with Gasteiger partial charge in [0.15, 0.2) is 0 Å². The summed E-state index contributed by atoms with van der Waals surface area (Å²) in [6.07, 6.45) is 0. The molecule has 2 aromatic rings. The summed E-state index contributed by atoms with van der Waals surface area (Å²) >= 11 is 0. The molecule has 3 nitrogen and oxygen atoms in total. The van der Waals surface area contributed by atoms with E-state index in [0.717, 1.165) is 30.9 Å². The Morgan fingerprint density at radius 1 is 0.842 bits per heavy atom. The number of rotatable bonds is 7. The molecule has 0 aromatic heterocycles. The minimum Gasteiger partial charge on any atom is -0.392 e. The lowest BCUT2D eigenvalue weighted by atomic mass is 10.2. The number of benzene rings is 2. The second-order valence-electron chi connectivity index (χ2n) is 4.40. The standard InChI is InChI=1S/C16H20N2O/c19-13-15-8-4-5-9-16(15)18-11-10-17-12-14-6-2-1-3-7-14/h1-9,17-19H,10-13H2. The van der Waals surface area contributed by atoms with Crippen molar-refractivity contribution in [2.45, 2.75) is 13.2 Å². The van der Waals surface area contributed by atoms with E-state index in [2.05, 4.69) is 22.8 Å². The lowest BCUT2D eigenvalue weighted by Crippen LogP contribution is -2.22. The van der Waals surface area contributed by atoms with Gasteiger partial charge in [0, 0.05) is 30.9 Å². The lowest BCUT2D eigenvalue weighted by Gasteiger charge is -2.11. The maximum atomic E-state index is 9.21. The summed E-state index contributed by atoms with van der Waals surface area (Å²) in [6, 6.07) is 18.2. The predicted molar refractivity (Wildman–Crippen MR) is 79.0 cm³/mol. The van der Waals surface area contributed by atoms with Crippen LogP contribution in [0.5, 0.6) is 0 Å². The molecule has 0 saturated heterocycles. The van der Waals surface area contributed by atoms with Gasteiger partial charge in [0.2, 0.25) is 0 Å². The number of hydrogen-bond donors (Lipinski definition) is 3. The number of nitrogens with one attached hydrogen (secondary N) is 2. The molecule has 0 amide bonds. The van der Waals surface area contributed by atoms with Crippen LogP contribution in [-0.2, 0) is 13.2 Å². The summed E-state index contributed by atoms with van der Waals surface area (Å²) in [5.41, 5.74) is 3.23. The van der Waals surface area contributed by atoms with E-state index >= 15 is 0 Å². The summed E-state index contributed by atoms with van der Waals surface area (Å²) in [5.74, 6) is 0. The zero-order chi connectivity index (χ0) is 13.3. The quantitative estimate of drug-likeness (QED) is 0.666. The summed E-state index contributed by atoms with van der Waals surface area (Å²) in [6.45, 7) is 2.67. The van der Waals surface area contributed by atoms with Crippen LogP contribution < -0.4 is 10.6 Å². The third-order valence-electron chi connectivity index (χ3n) is 2.98. The molecule has 0 aliphatic heterocycles. The third kappa shape index (κ3) is 4.39. The first-order valence-corrected chi connectivity index (χ1v) is 6.57. The van der Waals surface area contributed by atoms with Gasteiger partial charge in [-0.25, -0.2) is 0 Å². The third-order valence-corrected chi connectivity index (χ3v) is 2.98. The van der Waals surface area contributed by atoms with E-state index in [4.69, 9.17) is 0 Å². The zero-order valence-corrected chi connectivity index (χ0v) is 11.0. The highest BCUT2D eigenvalue weighted by Crippen LogP contribution is 2.13. The van der Waals surface area contributed by atoms with Gasteiger partial charge in [0.05, 0.1) is 6.61 Å². The molecule has 0 atom stereocenters. The van der Waals surface area contributed by atoms with Gasteiger partial charge in [-0.05, 0) is 11.6 Å². The van der Waals surface area contributed by atoms with Crippen molar-refractivity contribution >= 4 is 5.69 Å². The second kappa shape index (κ2) is 7.56. The molecular weight excluding hydrogens is 236 g/mol. The largest absolute Gasteiger partial charge is 0.392 e. The number of para-hydroxylation sites is 1. The molecule has 100 valence electrons. The Hall–Kier alpha value is -1.84. The number of hydrogen-bond acceptors (Lipinski definition) is 3. The minimum absolute atomic E-state index is 0.0701. The van der Waals surface area contributed by atoms with Crippen LogP contribution in [0.25, 0.3) is 0 Å². The van der Waals surface area contributed by atoms with E-state index in [-0.39, 0.29) is 6.61 Å². The Morgan fingerprint density at radius 3 is 2.37 bits per heavy atom. The molecule has 0 aliphatic rings. The van der Waals surface area contributed by atoms with Crippen molar-refractivity contribution in [3.63, 3.8) is 0 Å². The van der Waals surface area contributed by atoms with Gasteiger partial charge in [-0.1, -0.05) is 48.5 Å². The molecule has 0 aliphatic carbocycles. The average molecular weight is 256 g/mol. The van der Waals surface area contributed by atoms with Crippen LogP contribution in [-0.4, -0.2) is 18.2 Å². The summed E-state index contributed by atoms with van der Waals surface area (Å²) in [5, 5.41) is 15.9. The van der Waals surface area contributed by atoms with Crippen LogP contribution in [0.2, 0.25) is 0 Å². The van der Waals surface area contributed by atoms with Gasteiger partial charge >= 0.3 is 0 Å². The summed E-state index contributed by atoms with van der Waals surface area (Å²) < 4.78 is 0. The smallest absolute Gasteiger partial charge is 0.0701 e. The molecule has 0 unspecified atom stereocenters. The van der Waals surface area contributed by atoms with E-state index in [0.29, 0.717) is 0 Å². The first-order valence-electron chi connectivity index (χ1n) is 6.57. The van der Waals surface area contributed by atoms with Gasteiger partial charge in [0.1, 0.15) is 0 Å². The number of aliphatic hydroxyl groups is 1. The van der Waals surface area contributed by atoms with Gasteiger partial charge in [-0.15, -0.1) is 0 Å². The average Bonchev–Trinajstić information content (AvgIpc) is 2.48. The van der Waals surface area contributed by atoms with Gasteiger partial charge in [-0.3, -0.25) is 0 Å². The molecule has 3 N–H and O–H groups in total. The monoisotopic (exact) mass is 256 g/mol. The van der Waals surface area contributed by atoms with E-state index in [9.17, 15) is 5.11 Å². The molecule has 2 rings (SSSR count). The number of aliphatic hydroxyl groups excluding tert-OH is 1. The fraction of sp³-hybridized carbons (Fsp3) is 0.250. The molecule has 0 radical (unpaired) electrons. The first-order chi connectivity index (χ1) is 9.40. The molecule has 0 heterocycles.